The molecule has 7 heteroatoms. The van der Waals surface area contributed by atoms with Gasteiger partial charge in [-0.2, -0.15) is 5.10 Å². The van der Waals surface area contributed by atoms with E-state index < -0.39 is 0 Å². The molecule has 3 heterocycles. The van der Waals surface area contributed by atoms with Gasteiger partial charge in [-0.1, -0.05) is 0 Å². The summed E-state index contributed by atoms with van der Waals surface area (Å²) in [7, 11) is 1.83. The molecule has 1 aromatic carbocycles. The lowest BCUT2D eigenvalue weighted by molar-refractivity contribution is 0.102. The quantitative estimate of drug-likeness (QED) is 0.601. The van der Waals surface area contributed by atoms with Gasteiger partial charge in [-0.05, 0) is 38.1 Å². The molecule has 4 rings (SSSR count). The van der Waals surface area contributed by atoms with Gasteiger partial charge in [-0.25, -0.2) is 9.37 Å². The van der Waals surface area contributed by atoms with Crippen LogP contribution in [0.1, 0.15) is 21.7 Å². The Morgan fingerprint density at radius 3 is 2.77 bits per heavy atom. The molecule has 3 aromatic heterocycles. The van der Waals surface area contributed by atoms with E-state index in [2.05, 4.69) is 20.4 Å². The lowest BCUT2D eigenvalue weighted by Gasteiger charge is -2.09. The monoisotopic (exact) mass is 349 g/mol. The maximum absolute atomic E-state index is 13.3. The zero-order valence-corrected chi connectivity index (χ0v) is 14.5. The summed E-state index contributed by atoms with van der Waals surface area (Å²) in [5.74, 6) is -0.642. The first kappa shape index (κ1) is 16.1. The summed E-state index contributed by atoms with van der Waals surface area (Å²) < 4.78 is 15.0. The van der Waals surface area contributed by atoms with Gasteiger partial charge in [0.1, 0.15) is 5.82 Å². The molecule has 1 amide bonds. The Kier molecular flexibility index (Phi) is 3.64. The van der Waals surface area contributed by atoms with Crippen LogP contribution in [-0.2, 0) is 7.05 Å². The Morgan fingerprint density at radius 1 is 1.15 bits per heavy atom. The van der Waals surface area contributed by atoms with E-state index in [-0.39, 0.29) is 11.7 Å². The molecule has 0 saturated carbocycles. The standard InChI is InChI=1S/C19H16FN5O/c1-10-16(6-12-4-5-13(20)7-17(12)22-10)19(26)23-14-8-15-11(2)24-25(3)18(15)21-9-14/h4-9H,1-3H3,(H,23,26). The normalized spacial score (nSPS) is 11.2. The fourth-order valence-electron chi connectivity index (χ4n) is 3.04. The van der Waals surface area contributed by atoms with Gasteiger partial charge in [0.05, 0.1) is 34.4 Å². The van der Waals surface area contributed by atoms with Crippen molar-refractivity contribution in [2.45, 2.75) is 13.8 Å². The van der Waals surface area contributed by atoms with Crippen LogP contribution in [0.3, 0.4) is 0 Å². The smallest absolute Gasteiger partial charge is 0.257 e. The Labute approximate surface area is 148 Å². The molecule has 0 aliphatic heterocycles. The van der Waals surface area contributed by atoms with E-state index in [0.717, 1.165) is 16.7 Å². The zero-order valence-electron chi connectivity index (χ0n) is 14.5. The number of hydrogen-bond donors (Lipinski definition) is 1. The minimum absolute atomic E-state index is 0.288. The number of fused-ring (bicyclic) bond motifs is 2. The third-order valence-corrected chi connectivity index (χ3v) is 4.34. The second-order valence-corrected chi connectivity index (χ2v) is 6.22. The highest BCUT2D eigenvalue weighted by Gasteiger charge is 2.14. The Balaban J connectivity index is 1.70. The van der Waals surface area contributed by atoms with Crippen LogP contribution in [0.25, 0.3) is 21.9 Å². The van der Waals surface area contributed by atoms with Gasteiger partial charge in [0.25, 0.3) is 5.91 Å². The van der Waals surface area contributed by atoms with E-state index in [0.29, 0.717) is 27.8 Å². The average molecular weight is 349 g/mol. The van der Waals surface area contributed by atoms with E-state index in [1.807, 2.05) is 20.0 Å². The molecule has 130 valence electrons. The van der Waals surface area contributed by atoms with Crippen molar-refractivity contribution in [1.29, 1.82) is 0 Å². The van der Waals surface area contributed by atoms with Gasteiger partial charge in [0.15, 0.2) is 5.65 Å². The number of rotatable bonds is 2. The van der Waals surface area contributed by atoms with Crippen molar-refractivity contribution in [3.8, 4) is 0 Å². The van der Waals surface area contributed by atoms with Crippen LogP contribution in [0.4, 0.5) is 10.1 Å². The first-order valence-electron chi connectivity index (χ1n) is 8.10. The zero-order chi connectivity index (χ0) is 18.4. The number of nitrogens with zero attached hydrogens (tertiary/aromatic N) is 4. The summed E-state index contributed by atoms with van der Waals surface area (Å²) in [4.78, 5) is 21.4. The molecule has 0 atom stereocenters. The largest absolute Gasteiger partial charge is 0.321 e. The molecular weight excluding hydrogens is 333 g/mol. The van der Waals surface area contributed by atoms with E-state index in [4.69, 9.17) is 0 Å². The molecule has 0 aliphatic rings. The summed E-state index contributed by atoms with van der Waals surface area (Å²) >= 11 is 0. The van der Waals surface area contributed by atoms with E-state index in [1.165, 1.54) is 12.1 Å². The minimum atomic E-state index is -0.354. The molecule has 0 radical (unpaired) electrons. The van der Waals surface area contributed by atoms with E-state index >= 15 is 0 Å². The third kappa shape index (κ3) is 2.67. The summed E-state index contributed by atoms with van der Waals surface area (Å²) in [5.41, 5.74) is 3.67. The Morgan fingerprint density at radius 2 is 1.96 bits per heavy atom. The maximum Gasteiger partial charge on any atom is 0.257 e. The third-order valence-electron chi connectivity index (χ3n) is 4.34. The van der Waals surface area contributed by atoms with Crippen LogP contribution in [0, 0.1) is 19.7 Å². The number of benzene rings is 1. The first-order chi connectivity index (χ1) is 12.4. The fraction of sp³-hybridized carbons (Fsp3) is 0.158. The van der Waals surface area contributed by atoms with Gasteiger partial charge < -0.3 is 5.32 Å². The second-order valence-electron chi connectivity index (χ2n) is 6.22. The SMILES string of the molecule is Cc1nc2cc(F)ccc2cc1C(=O)Nc1cnc2c(c1)c(C)nn2C. The Hall–Kier alpha value is -3.35. The van der Waals surface area contributed by atoms with Crippen LogP contribution in [-0.4, -0.2) is 25.7 Å². The fourth-order valence-corrected chi connectivity index (χ4v) is 3.04. The molecule has 26 heavy (non-hydrogen) atoms. The van der Waals surface area contributed by atoms with Gasteiger partial charge in [0.2, 0.25) is 0 Å². The maximum atomic E-state index is 13.3. The molecule has 1 N–H and O–H groups in total. The number of aromatic nitrogens is 4. The van der Waals surface area contributed by atoms with Crippen molar-refractivity contribution in [2.24, 2.45) is 7.05 Å². The second kappa shape index (κ2) is 5.87. The highest BCUT2D eigenvalue weighted by atomic mass is 19.1. The number of carbonyl (C=O) groups excluding carboxylic acids is 1. The molecule has 6 nitrogen and oxygen atoms in total. The number of carbonyl (C=O) groups is 1. The van der Waals surface area contributed by atoms with Gasteiger partial charge in [0, 0.05) is 23.9 Å². The van der Waals surface area contributed by atoms with Crippen LogP contribution in [0.15, 0.2) is 36.5 Å². The highest BCUT2D eigenvalue weighted by molar-refractivity contribution is 6.07. The number of pyridine rings is 2. The predicted octanol–water partition coefficient (Wildman–Crippen LogP) is 3.52. The predicted molar refractivity (Wildman–Crippen MR) is 97.6 cm³/mol. The molecular formula is C19H16FN5O. The summed E-state index contributed by atoms with van der Waals surface area (Å²) in [5, 5.41) is 8.77. The van der Waals surface area contributed by atoms with Crippen molar-refractivity contribution >= 4 is 33.5 Å². The Bertz CT molecular complexity index is 1180. The lowest BCUT2D eigenvalue weighted by Crippen LogP contribution is -2.14. The van der Waals surface area contributed by atoms with Crippen LogP contribution in [0.2, 0.25) is 0 Å². The topological polar surface area (TPSA) is 72.7 Å². The van der Waals surface area contributed by atoms with Crippen molar-refractivity contribution in [2.75, 3.05) is 5.32 Å². The molecule has 0 saturated heterocycles. The van der Waals surface area contributed by atoms with Crippen molar-refractivity contribution < 1.29 is 9.18 Å². The highest BCUT2D eigenvalue weighted by Crippen LogP contribution is 2.22. The number of anilines is 1. The van der Waals surface area contributed by atoms with Gasteiger partial charge in [-0.15, -0.1) is 0 Å². The summed E-state index contributed by atoms with van der Waals surface area (Å²) in [6.07, 6.45) is 1.60. The van der Waals surface area contributed by atoms with Gasteiger partial charge >= 0.3 is 0 Å². The number of amides is 1. The minimum Gasteiger partial charge on any atom is -0.321 e. The van der Waals surface area contributed by atoms with Crippen LogP contribution in [0.5, 0.6) is 0 Å². The van der Waals surface area contributed by atoms with E-state index in [1.54, 1.807) is 29.9 Å². The molecule has 0 aliphatic carbocycles. The molecule has 0 spiro atoms. The molecule has 4 aromatic rings. The van der Waals surface area contributed by atoms with Crippen molar-refractivity contribution in [3.63, 3.8) is 0 Å². The summed E-state index contributed by atoms with van der Waals surface area (Å²) in [6, 6.07) is 7.88. The first-order valence-corrected chi connectivity index (χ1v) is 8.10. The van der Waals surface area contributed by atoms with E-state index in [9.17, 15) is 9.18 Å². The molecule has 0 fully saturated rings. The average Bonchev–Trinajstić information content (AvgIpc) is 2.88. The lowest BCUT2D eigenvalue weighted by atomic mass is 10.1. The number of hydrogen-bond acceptors (Lipinski definition) is 4. The van der Waals surface area contributed by atoms with Crippen LogP contribution >= 0.6 is 0 Å². The number of nitrogens with one attached hydrogen (secondary N) is 1. The van der Waals surface area contributed by atoms with Gasteiger partial charge in [-0.3, -0.25) is 14.5 Å². The van der Waals surface area contributed by atoms with Crippen molar-refractivity contribution in [1.82, 2.24) is 19.7 Å². The molecule has 0 bridgehead atoms. The van der Waals surface area contributed by atoms with Crippen LogP contribution < -0.4 is 5.32 Å². The van der Waals surface area contributed by atoms with Crippen molar-refractivity contribution in [3.05, 3.63) is 59.3 Å². The number of aryl methyl sites for hydroxylation is 3. The summed E-state index contributed by atoms with van der Waals surface area (Å²) in [6.45, 7) is 3.62. The number of halogens is 1. The molecule has 0 unspecified atom stereocenters.